The summed E-state index contributed by atoms with van der Waals surface area (Å²) in [6.45, 7) is 1.94. The van der Waals surface area contributed by atoms with E-state index in [1.165, 1.54) is 6.07 Å². The van der Waals surface area contributed by atoms with Crippen LogP contribution in [0.15, 0.2) is 28.7 Å². The van der Waals surface area contributed by atoms with Crippen LogP contribution in [0.1, 0.15) is 36.7 Å². The minimum Gasteiger partial charge on any atom is -0.423 e. The van der Waals surface area contributed by atoms with Crippen molar-refractivity contribution in [1.29, 1.82) is 0 Å². The second-order valence-electron chi connectivity index (χ2n) is 3.82. The van der Waals surface area contributed by atoms with Crippen LogP contribution in [0.2, 0.25) is 0 Å². The smallest absolute Gasteiger partial charge is 0.233 e. The van der Waals surface area contributed by atoms with Crippen molar-refractivity contribution in [3.05, 3.63) is 47.4 Å². The number of halogens is 1. The molecule has 2 N–H and O–H groups in total. The van der Waals surface area contributed by atoms with E-state index in [0.29, 0.717) is 17.3 Å². The maximum atomic E-state index is 13.4. The first-order valence-corrected chi connectivity index (χ1v) is 5.52. The molecule has 0 aliphatic carbocycles. The zero-order valence-corrected chi connectivity index (χ0v) is 9.56. The van der Waals surface area contributed by atoms with Crippen molar-refractivity contribution in [2.45, 2.75) is 25.8 Å². The minimum absolute atomic E-state index is 0.253. The molecule has 4 nitrogen and oxygen atoms in total. The Hall–Kier alpha value is -1.75. The number of benzene rings is 1. The maximum Gasteiger partial charge on any atom is 0.233 e. The van der Waals surface area contributed by atoms with Gasteiger partial charge in [-0.1, -0.05) is 25.1 Å². The predicted molar refractivity (Wildman–Crippen MR) is 60.7 cm³/mol. The van der Waals surface area contributed by atoms with Gasteiger partial charge in [0.15, 0.2) is 0 Å². The molecule has 0 radical (unpaired) electrons. The minimum atomic E-state index is -0.271. The summed E-state index contributed by atoms with van der Waals surface area (Å²) in [6.07, 6.45) is 1.01. The Morgan fingerprint density at radius 3 is 2.82 bits per heavy atom. The van der Waals surface area contributed by atoms with Crippen molar-refractivity contribution in [2.75, 3.05) is 0 Å². The topological polar surface area (TPSA) is 64.9 Å². The van der Waals surface area contributed by atoms with Gasteiger partial charge in [0.1, 0.15) is 5.82 Å². The van der Waals surface area contributed by atoms with Crippen molar-refractivity contribution in [2.24, 2.45) is 5.73 Å². The highest BCUT2D eigenvalue weighted by atomic mass is 19.1. The van der Waals surface area contributed by atoms with Crippen LogP contribution in [0.5, 0.6) is 0 Å². The lowest BCUT2D eigenvalue weighted by atomic mass is 10.1. The van der Waals surface area contributed by atoms with Gasteiger partial charge in [-0.3, -0.25) is 0 Å². The maximum absolute atomic E-state index is 13.4. The van der Waals surface area contributed by atoms with Crippen LogP contribution in [-0.2, 0) is 6.42 Å². The number of aromatic nitrogens is 2. The zero-order valence-electron chi connectivity index (χ0n) is 9.56. The summed E-state index contributed by atoms with van der Waals surface area (Å²) in [5.74, 6) is 0.514. The van der Waals surface area contributed by atoms with E-state index < -0.39 is 0 Å². The van der Waals surface area contributed by atoms with Crippen LogP contribution in [0.25, 0.3) is 0 Å². The Labute approximate surface area is 98.7 Å². The lowest BCUT2D eigenvalue weighted by Gasteiger charge is -2.01. The van der Waals surface area contributed by atoms with E-state index in [2.05, 4.69) is 10.2 Å². The van der Waals surface area contributed by atoms with Crippen molar-refractivity contribution in [1.82, 2.24) is 10.2 Å². The van der Waals surface area contributed by atoms with Gasteiger partial charge in [-0.05, 0) is 18.1 Å². The molecule has 0 amide bonds. The molecule has 0 saturated heterocycles. The monoisotopic (exact) mass is 235 g/mol. The first-order valence-electron chi connectivity index (χ1n) is 5.52. The molecule has 2 rings (SSSR count). The molecule has 1 unspecified atom stereocenters. The van der Waals surface area contributed by atoms with Crippen LogP contribution in [-0.4, -0.2) is 10.2 Å². The number of hydrogen-bond donors (Lipinski definition) is 1. The molecule has 0 aliphatic rings. The van der Waals surface area contributed by atoms with Crippen LogP contribution in [0.3, 0.4) is 0 Å². The molecule has 5 heteroatoms. The second kappa shape index (κ2) is 5.05. The number of nitrogens with two attached hydrogens (primary N) is 1. The average molecular weight is 235 g/mol. The van der Waals surface area contributed by atoms with Gasteiger partial charge in [0, 0.05) is 0 Å². The van der Waals surface area contributed by atoms with Crippen LogP contribution >= 0.6 is 0 Å². The number of nitrogens with zero attached hydrogens (tertiary/aromatic N) is 2. The third-order valence-corrected chi connectivity index (χ3v) is 2.54. The normalized spacial score (nSPS) is 12.6. The van der Waals surface area contributed by atoms with Crippen molar-refractivity contribution in [3.8, 4) is 0 Å². The van der Waals surface area contributed by atoms with E-state index in [9.17, 15) is 4.39 Å². The molecule has 0 spiro atoms. The molecular formula is C12H14FN3O. The average Bonchev–Trinajstić information content (AvgIpc) is 2.80. The molecule has 0 bridgehead atoms. The van der Waals surface area contributed by atoms with E-state index in [-0.39, 0.29) is 18.3 Å². The Balaban J connectivity index is 2.14. The van der Waals surface area contributed by atoms with Gasteiger partial charge in [0.25, 0.3) is 0 Å². The summed E-state index contributed by atoms with van der Waals surface area (Å²) in [6, 6.07) is 6.26. The van der Waals surface area contributed by atoms with Crippen molar-refractivity contribution < 1.29 is 8.81 Å². The third-order valence-electron chi connectivity index (χ3n) is 2.54. The van der Waals surface area contributed by atoms with E-state index in [1.807, 2.05) is 6.92 Å². The number of rotatable bonds is 4. The van der Waals surface area contributed by atoms with Crippen LogP contribution in [0.4, 0.5) is 4.39 Å². The highest BCUT2D eigenvalue weighted by Gasteiger charge is 2.13. The molecule has 0 fully saturated rings. The summed E-state index contributed by atoms with van der Waals surface area (Å²) in [5, 5.41) is 7.71. The number of hydrogen-bond acceptors (Lipinski definition) is 4. The standard InChI is InChI=1S/C12H14FN3O/c1-2-10(14)12-16-15-11(17-12)7-8-5-3-4-6-9(8)13/h3-6,10H,2,7,14H2,1H3. The quantitative estimate of drug-likeness (QED) is 0.882. The summed E-state index contributed by atoms with van der Waals surface area (Å²) in [7, 11) is 0. The Kier molecular flexibility index (Phi) is 3.49. The van der Waals surface area contributed by atoms with E-state index >= 15 is 0 Å². The fourth-order valence-electron chi connectivity index (χ4n) is 1.47. The fraction of sp³-hybridized carbons (Fsp3) is 0.333. The highest BCUT2D eigenvalue weighted by Crippen LogP contribution is 2.15. The SMILES string of the molecule is CCC(N)c1nnc(Cc2ccccc2F)o1. The zero-order chi connectivity index (χ0) is 12.3. The summed E-state index contributed by atoms with van der Waals surface area (Å²) >= 11 is 0. The lowest BCUT2D eigenvalue weighted by Crippen LogP contribution is -2.08. The van der Waals surface area contributed by atoms with Crippen LogP contribution < -0.4 is 5.73 Å². The van der Waals surface area contributed by atoms with E-state index in [1.54, 1.807) is 18.2 Å². The van der Waals surface area contributed by atoms with Crippen LogP contribution in [0, 0.1) is 5.82 Å². The second-order valence-corrected chi connectivity index (χ2v) is 3.82. The summed E-state index contributed by atoms with van der Waals surface area (Å²) < 4.78 is 18.8. The summed E-state index contributed by atoms with van der Waals surface area (Å²) in [4.78, 5) is 0. The molecular weight excluding hydrogens is 221 g/mol. The molecule has 1 aromatic heterocycles. The Bertz CT molecular complexity index is 498. The lowest BCUT2D eigenvalue weighted by molar-refractivity contribution is 0.417. The fourth-order valence-corrected chi connectivity index (χ4v) is 1.47. The molecule has 90 valence electrons. The van der Waals surface area contributed by atoms with Gasteiger partial charge in [-0.15, -0.1) is 10.2 Å². The molecule has 2 aromatic rings. The molecule has 1 heterocycles. The van der Waals surface area contributed by atoms with Crippen molar-refractivity contribution in [3.63, 3.8) is 0 Å². The molecule has 0 aliphatic heterocycles. The first kappa shape index (κ1) is 11.7. The highest BCUT2D eigenvalue weighted by molar-refractivity contribution is 5.20. The van der Waals surface area contributed by atoms with E-state index in [4.69, 9.17) is 10.2 Å². The predicted octanol–water partition coefficient (Wildman–Crippen LogP) is 2.21. The van der Waals surface area contributed by atoms with Gasteiger partial charge in [0.2, 0.25) is 11.8 Å². The van der Waals surface area contributed by atoms with Gasteiger partial charge in [-0.25, -0.2) is 4.39 Å². The first-order chi connectivity index (χ1) is 8.20. The van der Waals surface area contributed by atoms with Crippen molar-refractivity contribution >= 4 is 0 Å². The van der Waals surface area contributed by atoms with Gasteiger partial charge in [0.05, 0.1) is 12.5 Å². The molecule has 0 saturated carbocycles. The van der Waals surface area contributed by atoms with Gasteiger partial charge in [-0.2, -0.15) is 0 Å². The summed E-state index contributed by atoms with van der Waals surface area (Å²) in [5.41, 5.74) is 6.30. The van der Waals surface area contributed by atoms with Gasteiger partial charge < -0.3 is 10.2 Å². The van der Waals surface area contributed by atoms with E-state index in [0.717, 1.165) is 6.42 Å². The molecule has 1 atom stereocenters. The third kappa shape index (κ3) is 2.68. The Morgan fingerprint density at radius 1 is 1.35 bits per heavy atom. The van der Waals surface area contributed by atoms with Gasteiger partial charge >= 0.3 is 0 Å². The Morgan fingerprint density at radius 2 is 2.12 bits per heavy atom. The molecule has 17 heavy (non-hydrogen) atoms. The molecule has 1 aromatic carbocycles. The largest absolute Gasteiger partial charge is 0.423 e.